The van der Waals surface area contributed by atoms with Crippen LogP contribution in [0.25, 0.3) is 0 Å². The smallest absolute Gasteiger partial charge is 0.226 e. The third kappa shape index (κ3) is 3.03. The lowest BCUT2D eigenvalue weighted by molar-refractivity contribution is -0.145. The summed E-state index contributed by atoms with van der Waals surface area (Å²) in [5.74, 6) is 0.918. The molecule has 0 aromatic rings. The first-order valence-corrected chi connectivity index (χ1v) is 7.03. The van der Waals surface area contributed by atoms with Crippen LogP contribution in [0.15, 0.2) is 0 Å². The topological polar surface area (TPSA) is 40.6 Å². The molecule has 0 aromatic heterocycles. The van der Waals surface area contributed by atoms with E-state index in [2.05, 4.69) is 13.8 Å². The van der Waals surface area contributed by atoms with Crippen LogP contribution in [0.4, 0.5) is 0 Å². The SMILES string of the molecule is CC(C)N(CC1CC1)C(=O)[C@@H]1CCN(C)C(=O)C1. The molecule has 0 bridgehead atoms. The van der Waals surface area contributed by atoms with E-state index in [0.717, 1.165) is 13.0 Å². The number of nitrogens with zero attached hydrogens (tertiary/aromatic N) is 2. The monoisotopic (exact) mass is 252 g/mol. The second kappa shape index (κ2) is 5.29. The molecule has 2 amide bonds. The summed E-state index contributed by atoms with van der Waals surface area (Å²) in [4.78, 5) is 27.9. The highest BCUT2D eigenvalue weighted by Gasteiger charge is 2.35. The van der Waals surface area contributed by atoms with Gasteiger partial charge in [-0.15, -0.1) is 0 Å². The molecule has 1 aliphatic carbocycles. The molecule has 2 rings (SSSR count). The van der Waals surface area contributed by atoms with Crippen molar-refractivity contribution in [3.8, 4) is 0 Å². The zero-order chi connectivity index (χ0) is 13.3. The van der Waals surface area contributed by atoms with Crippen molar-refractivity contribution in [2.24, 2.45) is 11.8 Å². The number of carbonyl (C=O) groups is 2. The zero-order valence-corrected chi connectivity index (χ0v) is 11.7. The van der Waals surface area contributed by atoms with Crippen molar-refractivity contribution in [2.75, 3.05) is 20.1 Å². The lowest BCUT2D eigenvalue weighted by Crippen LogP contribution is -2.46. The van der Waals surface area contributed by atoms with Crippen LogP contribution < -0.4 is 0 Å². The average molecular weight is 252 g/mol. The number of hydrogen-bond donors (Lipinski definition) is 0. The van der Waals surface area contributed by atoms with E-state index in [0.29, 0.717) is 18.9 Å². The number of rotatable bonds is 4. The predicted octanol–water partition coefficient (Wildman–Crippen LogP) is 1.50. The maximum atomic E-state index is 12.5. The maximum Gasteiger partial charge on any atom is 0.226 e. The summed E-state index contributed by atoms with van der Waals surface area (Å²) >= 11 is 0. The van der Waals surface area contributed by atoms with Crippen molar-refractivity contribution >= 4 is 11.8 Å². The van der Waals surface area contributed by atoms with Crippen molar-refractivity contribution in [1.29, 1.82) is 0 Å². The van der Waals surface area contributed by atoms with E-state index in [4.69, 9.17) is 0 Å². The summed E-state index contributed by atoms with van der Waals surface area (Å²) in [5, 5.41) is 0. The number of hydrogen-bond acceptors (Lipinski definition) is 2. The highest BCUT2D eigenvalue weighted by atomic mass is 16.2. The van der Waals surface area contributed by atoms with E-state index in [1.807, 2.05) is 11.9 Å². The van der Waals surface area contributed by atoms with Crippen molar-refractivity contribution in [3.05, 3.63) is 0 Å². The quantitative estimate of drug-likeness (QED) is 0.761. The third-order valence-electron chi connectivity index (χ3n) is 4.07. The molecule has 4 heteroatoms. The van der Waals surface area contributed by atoms with E-state index in [1.54, 1.807) is 4.90 Å². The minimum absolute atomic E-state index is 0.0881. The first-order valence-electron chi connectivity index (χ1n) is 7.03. The van der Waals surface area contributed by atoms with E-state index in [-0.39, 0.29) is 23.8 Å². The van der Waals surface area contributed by atoms with Crippen molar-refractivity contribution < 1.29 is 9.59 Å². The van der Waals surface area contributed by atoms with Crippen LogP contribution in [0, 0.1) is 11.8 Å². The highest BCUT2D eigenvalue weighted by Crippen LogP contribution is 2.31. The van der Waals surface area contributed by atoms with Crippen LogP contribution in [-0.4, -0.2) is 47.8 Å². The summed E-state index contributed by atoms with van der Waals surface area (Å²) in [7, 11) is 1.81. The molecule has 2 fully saturated rings. The normalized spacial score (nSPS) is 24.6. The summed E-state index contributed by atoms with van der Waals surface area (Å²) in [6.45, 7) is 5.73. The zero-order valence-electron chi connectivity index (χ0n) is 11.7. The van der Waals surface area contributed by atoms with Gasteiger partial charge in [-0.2, -0.15) is 0 Å². The van der Waals surface area contributed by atoms with Crippen LogP contribution in [0.1, 0.15) is 39.5 Å². The molecule has 0 radical (unpaired) electrons. The van der Waals surface area contributed by atoms with Gasteiger partial charge >= 0.3 is 0 Å². The standard InChI is InChI=1S/C14H24N2O2/c1-10(2)16(9-11-4-5-11)14(18)12-6-7-15(3)13(17)8-12/h10-12H,4-9H2,1-3H3/t12-/m1/s1. The summed E-state index contributed by atoms with van der Waals surface area (Å²) in [6, 6.07) is 0.243. The van der Waals surface area contributed by atoms with Gasteiger partial charge in [0.2, 0.25) is 11.8 Å². The first kappa shape index (κ1) is 13.4. The molecule has 1 atom stereocenters. The van der Waals surface area contributed by atoms with Gasteiger partial charge in [0.05, 0.1) is 0 Å². The van der Waals surface area contributed by atoms with Crippen LogP contribution >= 0.6 is 0 Å². The van der Waals surface area contributed by atoms with Crippen molar-refractivity contribution in [1.82, 2.24) is 9.80 Å². The van der Waals surface area contributed by atoms with Crippen LogP contribution in [0.2, 0.25) is 0 Å². The molecule has 0 aromatic carbocycles. The molecular formula is C14H24N2O2. The Morgan fingerprint density at radius 1 is 1.39 bits per heavy atom. The Morgan fingerprint density at radius 3 is 2.56 bits per heavy atom. The van der Waals surface area contributed by atoms with Gasteiger partial charge in [0.25, 0.3) is 0 Å². The Balaban J connectivity index is 1.96. The number of likely N-dealkylation sites (tertiary alicyclic amines) is 1. The Bertz CT molecular complexity index is 337. The van der Waals surface area contributed by atoms with E-state index in [1.165, 1.54) is 12.8 Å². The van der Waals surface area contributed by atoms with Gasteiger partial charge in [-0.05, 0) is 39.0 Å². The van der Waals surface area contributed by atoms with Gasteiger partial charge in [0, 0.05) is 38.5 Å². The molecule has 2 aliphatic rings. The van der Waals surface area contributed by atoms with Gasteiger partial charge in [-0.3, -0.25) is 9.59 Å². The van der Waals surface area contributed by atoms with Gasteiger partial charge in [-0.1, -0.05) is 0 Å². The fourth-order valence-electron chi connectivity index (χ4n) is 2.52. The number of piperidine rings is 1. The van der Waals surface area contributed by atoms with Crippen LogP contribution in [-0.2, 0) is 9.59 Å². The minimum atomic E-state index is -0.0881. The molecule has 0 spiro atoms. The fraction of sp³-hybridized carbons (Fsp3) is 0.857. The fourth-order valence-corrected chi connectivity index (χ4v) is 2.52. The van der Waals surface area contributed by atoms with Gasteiger partial charge in [0.1, 0.15) is 0 Å². The Labute approximate surface area is 109 Å². The number of amides is 2. The van der Waals surface area contributed by atoms with E-state index < -0.39 is 0 Å². The molecule has 4 nitrogen and oxygen atoms in total. The van der Waals surface area contributed by atoms with Crippen molar-refractivity contribution in [2.45, 2.75) is 45.6 Å². The number of carbonyl (C=O) groups excluding carboxylic acids is 2. The largest absolute Gasteiger partial charge is 0.346 e. The minimum Gasteiger partial charge on any atom is -0.346 e. The predicted molar refractivity (Wildman–Crippen MR) is 69.9 cm³/mol. The van der Waals surface area contributed by atoms with Crippen LogP contribution in [0.3, 0.4) is 0 Å². The molecule has 0 N–H and O–H groups in total. The maximum absolute atomic E-state index is 12.5. The molecule has 18 heavy (non-hydrogen) atoms. The molecule has 1 aliphatic heterocycles. The molecular weight excluding hydrogens is 228 g/mol. The summed E-state index contributed by atoms with van der Waals surface area (Å²) < 4.78 is 0. The Hall–Kier alpha value is -1.06. The summed E-state index contributed by atoms with van der Waals surface area (Å²) in [5.41, 5.74) is 0. The Kier molecular flexibility index (Phi) is 3.93. The molecule has 1 saturated heterocycles. The third-order valence-corrected chi connectivity index (χ3v) is 4.07. The highest BCUT2D eigenvalue weighted by molar-refractivity contribution is 5.87. The average Bonchev–Trinajstić information content (AvgIpc) is 3.12. The van der Waals surface area contributed by atoms with Crippen molar-refractivity contribution in [3.63, 3.8) is 0 Å². The van der Waals surface area contributed by atoms with Crippen LogP contribution in [0.5, 0.6) is 0 Å². The van der Waals surface area contributed by atoms with Gasteiger partial charge in [-0.25, -0.2) is 0 Å². The summed E-state index contributed by atoms with van der Waals surface area (Å²) in [6.07, 6.45) is 3.71. The van der Waals surface area contributed by atoms with E-state index in [9.17, 15) is 9.59 Å². The lowest BCUT2D eigenvalue weighted by atomic mass is 9.94. The molecule has 0 unspecified atom stereocenters. The lowest BCUT2D eigenvalue weighted by Gasteiger charge is -2.34. The molecule has 1 saturated carbocycles. The first-order chi connectivity index (χ1) is 8.49. The molecule has 1 heterocycles. The van der Waals surface area contributed by atoms with E-state index >= 15 is 0 Å². The Morgan fingerprint density at radius 2 is 2.06 bits per heavy atom. The van der Waals surface area contributed by atoms with Gasteiger partial charge < -0.3 is 9.80 Å². The second-order valence-electron chi connectivity index (χ2n) is 6.03. The van der Waals surface area contributed by atoms with Gasteiger partial charge in [0.15, 0.2) is 0 Å². The second-order valence-corrected chi connectivity index (χ2v) is 6.03. The molecule has 102 valence electrons.